The van der Waals surface area contributed by atoms with Crippen LogP contribution in [-0.2, 0) is 24.0 Å². The predicted molar refractivity (Wildman–Crippen MR) is 238 cm³/mol. The van der Waals surface area contributed by atoms with Crippen LogP contribution in [0.3, 0.4) is 0 Å². The van der Waals surface area contributed by atoms with E-state index in [-0.39, 0.29) is 25.5 Å². The number of likely N-dealkylation sites (N-methyl/N-ethyl adjacent to an activating group) is 1. The Balaban J connectivity index is 0.970. The Hall–Kier alpha value is -7.04. The summed E-state index contributed by atoms with van der Waals surface area (Å²) in [7, 11) is 4.74. The molecule has 16 heteroatoms. The molecule has 1 saturated carbocycles. The van der Waals surface area contributed by atoms with E-state index in [0.717, 1.165) is 16.5 Å². The van der Waals surface area contributed by atoms with Crippen LogP contribution >= 0.6 is 0 Å². The van der Waals surface area contributed by atoms with Gasteiger partial charge in [0.05, 0.1) is 38.4 Å². The van der Waals surface area contributed by atoms with Gasteiger partial charge in [-0.25, -0.2) is 5.01 Å². The summed E-state index contributed by atoms with van der Waals surface area (Å²) in [5.41, 5.74) is 1.55. The molecule has 0 radical (unpaired) electrons. The van der Waals surface area contributed by atoms with Gasteiger partial charge in [0.25, 0.3) is 5.91 Å². The topological polar surface area (TPSA) is 184 Å². The summed E-state index contributed by atoms with van der Waals surface area (Å²) in [6.07, 6.45) is 2.62. The van der Waals surface area contributed by atoms with E-state index in [4.69, 9.17) is 14.2 Å². The van der Waals surface area contributed by atoms with Crippen molar-refractivity contribution in [3.8, 4) is 23.0 Å². The number of aromatic nitrogens is 1. The zero-order valence-corrected chi connectivity index (χ0v) is 36.2. The number of fused-ring (bicyclic) bond motifs is 2. The Morgan fingerprint density at radius 2 is 1.47 bits per heavy atom. The molecule has 332 valence electrons. The number of carbonyl (C=O) groups excluding carboxylic acids is 5. The van der Waals surface area contributed by atoms with Crippen LogP contribution in [0.25, 0.3) is 10.9 Å². The molecule has 1 aromatic heterocycles. The third-order valence-electron chi connectivity index (χ3n) is 12.2. The van der Waals surface area contributed by atoms with Gasteiger partial charge in [0, 0.05) is 43.0 Å². The van der Waals surface area contributed by atoms with Crippen LogP contribution in [-0.4, -0.2) is 115 Å². The molecule has 8 rings (SSSR count). The average Bonchev–Trinajstić information content (AvgIpc) is 4.04. The van der Waals surface area contributed by atoms with Crippen LogP contribution < -0.4 is 35.5 Å². The van der Waals surface area contributed by atoms with E-state index in [1.807, 2.05) is 60.7 Å². The fourth-order valence-electron chi connectivity index (χ4n) is 8.33. The van der Waals surface area contributed by atoms with Crippen molar-refractivity contribution in [2.45, 2.75) is 50.4 Å². The second kappa shape index (κ2) is 18.7. The predicted octanol–water partition coefficient (Wildman–Crippen LogP) is 4.42. The molecular formula is C48H52N8O8. The number of amides is 5. The number of hydrogen-bond acceptors (Lipinski definition) is 11. The van der Waals surface area contributed by atoms with E-state index < -0.39 is 53.2 Å². The number of carbonyl (C=O) groups is 5. The largest absolute Gasteiger partial charge is 0.493 e. The van der Waals surface area contributed by atoms with E-state index in [1.54, 1.807) is 81.9 Å². The number of pyridine rings is 1. The Morgan fingerprint density at radius 1 is 0.812 bits per heavy atom. The molecule has 5 aromatic rings. The molecule has 3 fully saturated rings. The summed E-state index contributed by atoms with van der Waals surface area (Å²) in [5, 5.41) is 15.8. The summed E-state index contributed by atoms with van der Waals surface area (Å²) >= 11 is 0. The molecule has 1 unspecified atom stereocenters. The van der Waals surface area contributed by atoms with Gasteiger partial charge in [0.1, 0.15) is 29.0 Å². The van der Waals surface area contributed by atoms with Crippen molar-refractivity contribution in [3.63, 3.8) is 0 Å². The van der Waals surface area contributed by atoms with Crippen LogP contribution in [0.2, 0.25) is 0 Å². The number of ether oxygens (including phenoxy) is 3. The van der Waals surface area contributed by atoms with Crippen molar-refractivity contribution in [2.24, 2.45) is 5.41 Å². The minimum Gasteiger partial charge on any atom is -0.493 e. The monoisotopic (exact) mass is 868 g/mol. The standard InChI is InChI=1S/C48H52N8O8/c1-30(49-2)43(57)52-37-29-54(25-26-55-24-20-38(56(55)45(37)59)44(58)53-42(31-11-7-5-8-12-31)32-13-9-6-10-14-32)47(61)48(21-22-48)46(60)51-33-15-17-34(18-16-33)64-39-19-23-50-36-28-41(63-4)40(62-3)27-35(36)39/h5-19,23,27-28,30,37-38,42,49H,20-22,24-26,29H2,1-4H3,(H,51,60)(H,52,57)(H,53,58)/t30-,37?,38+/m1/s1. The van der Waals surface area contributed by atoms with Gasteiger partial charge in [0.15, 0.2) is 11.5 Å². The second-order valence-electron chi connectivity index (χ2n) is 16.2. The lowest BCUT2D eigenvalue weighted by atomic mass is 9.98. The first kappa shape index (κ1) is 43.6. The van der Waals surface area contributed by atoms with Crippen LogP contribution in [0.4, 0.5) is 5.69 Å². The third-order valence-corrected chi connectivity index (χ3v) is 12.2. The van der Waals surface area contributed by atoms with E-state index in [9.17, 15) is 24.0 Å². The second-order valence-corrected chi connectivity index (χ2v) is 16.2. The molecular weight excluding hydrogens is 817 g/mol. The first-order chi connectivity index (χ1) is 31.0. The van der Waals surface area contributed by atoms with Crippen LogP contribution in [0, 0.1) is 5.41 Å². The van der Waals surface area contributed by atoms with Crippen LogP contribution in [0.1, 0.15) is 43.4 Å². The highest BCUT2D eigenvalue weighted by Gasteiger charge is 2.59. The summed E-state index contributed by atoms with van der Waals surface area (Å²) in [5.74, 6) is -0.0615. The fraction of sp³-hybridized carbons (Fsp3) is 0.333. The van der Waals surface area contributed by atoms with Crippen molar-refractivity contribution in [1.29, 1.82) is 0 Å². The van der Waals surface area contributed by atoms with Gasteiger partial charge in [-0.1, -0.05) is 60.7 Å². The lowest BCUT2D eigenvalue weighted by Crippen LogP contribution is -2.65. The van der Waals surface area contributed by atoms with Gasteiger partial charge >= 0.3 is 0 Å². The summed E-state index contributed by atoms with van der Waals surface area (Å²) in [4.78, 5) is 76.7. The smallest absolute Gasteiger partial charge is 0.262 e. The first-order valence-corrected chi connectivity index (χ1v) is 21.4. The summed E-state index contributed by atoms with van der Waals surface area (Å²) < 4.78 is 17.1. The molecule has 3 atom stereocenters. The van der Waals surface area contributed by atoms with E-state index in [2.05, 4.69) is 26.3 Å². The van der Waals surface area contributed by atoms with Crippen molar-refractivity contribution >= 4 is 46.1 Å². The molecule has 1 aliphatic carbocycles. The molecule has 0 bridgehead atoms. The Labute approximate surface area is 371 Å². The van der Waals surface area contributed by atoms with E-state index >= 15 is 0 Å². The summed E-state index contributed by atoms with van der Waals surface area (Å²) in [6.45, 7) is 2.24. The maximum atomic E-state index is 14.7. The van der Waals surface area contributed by atoms with Crippen LogP contribution in [0.5, 0.6) is 23.0 Å². The van der Waals surface area contributed by atoms with Gasteiger partial charge in [-0.15, -0.1) is 0 Å². The van der Waals surface area contributed by atoms with Gasteiger partial charge in [-0.05, 0) is 80.8 Å². The minimum atomic E-state index is -1.35. The maximum absolute atomic E-state index is 14.7. The quantitative estimate of drug-likeness (QED) is 0.116. The van der Waals surface area contributed by atoms with Crippen molar-refractivity contribution < 1.29 is 38.2 Å². The average molecular weight is 869 g/mol. The van der Waals surface area contributed by atoms with Gasteiger partial charge in [0.2, 0.25) is 23.6 Å². The molecule has 4 N–H and O–H groups in total. The molecule has 2 aliphatic heterocycles. The highest BCUT2D eigenvalue weighted by atomic mass is 16.5. The lowest BCUT2D eigenvalue weighted by Gasteiger charge is -2.41. The zero-order valence-electron chi connectivity index (χ0n) is 36.2. The van der Waals surface area contributed by atoms with Gasteiger partial charge in [-0.3, -0.25) is 34.0 Å². The Morgan fingerprint density at radius 3 is 2.09 bits per heavy atom. The molecule has 4 aromatic carbocycles. The first-order valence-electron chi connectivity index (χ1n) is 21.4. The normalized spacial score (nSPS) is 18.6. The molecule has 16 nitrogen and oxygen atoms in total. The Kier molecular flexibility index (Phi) is 12.8. The Bertz CT molecular complexity index is 2480. The zero-order chi connectivity index (χ0) is 45.0. The number of benzene rings is 4. The highest BCUT2D eigenvalue weighted by molar-refractivity contribution is 6.13. The maximum Gasteiger partial charge on any atom is 0.262 e. The van der Waals surface area contributed by atoms with E-state index in [0.29, 0.717) is 60.0 Å². The highest BCUT2D eigenvalue weighted by Crippen LogP contribution is 2.48. The third kappa shape index (κ3) is 8.92. The van der Waals surface area contributed by atoms with Gasteiger partial charge in [-0.2, -0.15) is 0 Å². The molecule has 3 heterocycles. The van der Waals surface area contributed by atoms with Gasteiger partial charge < -0.3 is 40.4 Å². The fourth-order valence-corrected chi connectivity index (χ4v) is 8.33. The molecule has 2 saturated heterocycles. The number of hydrogen-bond donors (Lipinski definition) is 4. The molecule has 3 aliphatic rings. The van der Waals surface area contributed by atoms with Crippen molar-refractivity contribution in [2.75, 3.05) is 52.8 Å². The number of nitrogens with one attached hydrogen (secondary N) is 4. The minimum absolute atomic E-state index is 0.158. The molecule has 5 amide bonds. The van der Waals surface area contributed by atoms with Crippen molar-refractivity contribution in [3.05, 3.63) is 120 Å². The van der Waals surface area contributed by atoms with E-state index in [1.165, 1.54) is 9.91 Å². The number of methoxy groups -OCH3 is 2. The molecule has 64 heavy (non-hydrogen) atoms. The van der Waals surface area contributed by atoms with Crippen LogP contribution in [0.15, 0.2) is 109 Å². The lowest BCUT2D eigenvalue weighted by molar-refractivity contribution is -0.161. The van der Waals surface area contributed by atoms with Crippen molar-refractivity contribution in [1.82, 2.24) is 35.9 Å². The number of nitrogens with zero attached hydrogens (tertiary/aromatic N) is 4. The summed E-state index contributed by atoms with van der Waals surface area (Å²) in [6, 6.07) is 28.2. The number of anilines is 1. The number of rotatable bonds is 14. The molecule has 0 spiro atoms. The SMILES string of the molecule is CN[C@H](C)C(=O)NC1CN(C(=O)C2(C(=O)Nc3ccc(Oc4ccnc5cc(OC)c(OC)cc45)cc3)CC2)CCN2CC[C@@H](C(=O)NC(c3ccccc3)c3ccccc3)N2C1=O. The number of hydrazine groups is 1.